The fraction of sp³-hybridized carbons (Fsp3) is 0.471. The minimum absolute atomic E-state index is 0.0941. The number of benzene rings is 1. The van der Waals surface area contributed by atoms with Crippen LogP contribution in [0.25, 0.3) is 10.1 Å². The van der Waals surface area contributed by atoms with Gasteiger partial charge < -0.3 is 10.0 Å². The molecule has 1 aromatic carbocycles. The number of thiophene rings is 1. The van der Waals surface area contributed by atoms with Crippen molar-refractivity contribution in [3.63, 3.8) is 0 Å². The van der Waals surface area contributed by atoms with E-state index in [9.17, 15) is 9.90 Å². The smallest absolute Gasteiger partial charge is 0.222 e. The minimum Gasteiger partial charge on any atom is -0.389 e. The SMILES string of the molecule is CN(CC(C)(C)O)C(=O)CCCc1csc2ccccc12. The highest BCUT2D eigenvalue weighted by Gasteiger charge is 2.19. The third kappa shape index (κ3) is 4.55. The van der Waals surface area contributed by atoms with Gasteiger partial charge in [-0.15, -0.1) is 11.3 Å². The first-order chi connectivity index (χ1) is 9.87. The van der Waals surface area contributed by atoms with Gasteiger partial charge in [0.1, 0.15) is 0 Å². The van der Waals surface area contributed by atoms with Crippen LogP contribution in [0, 0.1) is 0 Å². The molecule has 0 spiro atoms. The van der Waals surface area contributed by atoms with E-state index in [-0.39, 0.29) is 5.91 Å². The standard InChI is InChI=1S/C17H23NO2S/c1-17(2,20)12-18(3)16(19)10-6-7-13-11-21-15-9-5-4-8-14(13)15/h4-5,8-9,11,20H,6-7,10,12H2,1-3H3. The molecule has 0 bridgehead atoms. The van der Waals surface area contributed by atoms with Gasteiger partial charge >= 0.3 is 0 Å². The summed E-state index contributed by atoms with van der Waals surface area (Å²) in [4.78, 5) is 13.6. The van der Waals surface area contributed by atoms with Crippen LogP contribution < -0.4 is 0 Å². The average molecular weight is 305 g/mol. The highest BCUT2D eigenvalue weighted by atomic mass is 32.1. The van der Waals surface area contributed by atoms with Crippen molar-refractivity contribution in [2.24, 2.45) is 0 Å². The first-order valence-electron chi connectivity index (χ1n) is 7.28. The van der Waals surface area contributed by atoms with Crippen LogP contribution in [0.5, 0.6) is 0 Å². The Morgan fingerprint density at radius 2 is 2.05 bits per heavy atom. The lowest BCUT2D eigenvalue weighted by Gasteiger charge is -2.25. The molecule has 2 aromatic rings. The van der Waals surface area contributed by atoms with Gasteiger partial charge in [0.2, 0.25) is 5.91 Å². The predicted molar refractivity (Wildman–Crippen MR) is 88.7 cm³/mol. The van der Waals surface area contributed by atoms with E-state index in [4.69, 9.17) is 0 Å². The van der Waals surface area contributed by atoms with Crippen LogP contribution in [0.2, 0.25) is 0 Å². The predicted octanol–water partition coefficient (Wildman–Crippen LogP) is 3.45. The fourth-order valence-corrected chi connectivity index (χ4v) is 3.51. The van der Waals surface area contributed by atoms with Gasteiger partial charge in [-0.2, -0.15) is 0 Å². The fourth-order valence-electron chi connectivity index (χ4n) is 2.52. The molecular formula is C17H23NO2S. The van der Waals surface area contributed by atoms with Crippen LogP contribution in [-0.2, 0) is 11.2 Å². The largest absolute Gasteiger partial charge is 0.389 e. The molecule has 1 aromatic heterocycles. The Morgan fingerprint density at radius 3 is 2.76 bits per heavy atom. The number of rotatable bonds is 6. The van der Waals surface area contributed by atoms with Gasteiger partial charge in [-0.1, -0.05) is 18.2 Å². The molecule has 0 aliphatic carbocycles. The third-order valence-electron chi connectivity index (χ3n) is 3.45. The molecule has 1 heterocycles. The minimum atomic E-state index is -0.839. The lowest BCUT2D eigenvalue weighted by atomic mass is 10.1. The average Bonchev–Trinajstić information content (AvgIpc) is 2.80. The zero-order valence-corrected chi connectivity index (χ0v) is 13.7. The molecule has 0 unspecified atom stereocenters. The molecule has 0 fully saturated rings. The first-order valence-corrected chi connectivity index (χ1v) is 8.16. The Balaban J connectivity index is 1.85. The normalized spacial score (nSPS) is 11.8. The van der Waals surface area contributed by atoms with Gasteiger partial charge in [0.05, 0.1) is 5.60 Å². The van der Waals surface area contributed by atoms with E-state index in [2.05, 4.69) is 29.6 Å². The van der Waals surface area contributed by atoms with Crippen molar-refractivity contribution in [1.82, 2.24) is 4.90 Å². The molecule has 1 amide bonds. The summed E-state index contributed by atoms with van der Waals surface area (Å²) in [7, 11) is 1.75. The van der Waals surface area contributed by atoms with Gasteiger partial charge in [0.25, 0.3) is 0 Å². The third-order valence-corrected chi connectivity index (χ3v) is 4.46. The van der Waals surface area contributed by atoms with Gasteiger partial charge in [-0.25, -0.2) is 0 Å². The summed E-state index contributed by atoms with van der Waals surface area (Å²) in [5, 5.41) is 13.2. The maximum absolute atomic E-state index is 12.0. The molecule has 0 radical (unpaired) electrons. The Morgan fingerprint density at radius 1 is 1.33 bits per heavy atom. The van der Waals surface area contributed by atoms with Crippen LogP contribution in [0.15, 0.2) is 29.6 Å². The lowest BCUT2D eigenvalue weighted by molar-refractivity contribution is -0.132. The number of aryl methyl sites for hydroxylation is 1. The maximum Gasteiger partial charge on any atom is 0.222 e. The molecule has 2 rings (SSSR count). The Hall–Kier alpha value is -1.39. The van der Waals surface area contributed by atoms with E-state index in [0.717, 1.165) is 12.8 Å². The lowest BCUT2D eigenvalue weighted by Crippen LogP contribution is -2.39. The van der Waals surface area contributed by atoms with Crippen LogP contribution in [-0.4, -0.2) is 35.1 Å². The molecule has 4 heteroatoms. The number of hydrogen-bond donors (Lipinski definition) is 1. The summed E-state index contributed by atoms with van der Waals surface area (Å²) in [5.41, 5.74) is 0.488. The molecule has 0 atom stereocenters. The molecule has 0 saturated heterocycles. The van der Waals surface area contributed by atoms with E-state index in [1.54, 1.807) is 37.1 Å². The Bertz CT molecular complexity index is 613. The Labute approximate surface area is 130 Å². The van der Waals surface area contributed by atoms with Crippen molar-refractivity contribution < 1.29 is 9.90 Å². The zero-order chi connectivity index (χ0) is 15.5. The van der Waals surface area contributed by atoms with Crippen molar-refractivity contribution in [3.05, 3.63) is 35.2 Å². The van der Waals surface area contributed by atoms with Gasteiger partial charge in [0, 0.05) is 24.7 Å². The van der Waals surface area contributed by atoms with Crippen molar-refractivity contribution in [1.29, 1.82) is 0 Å². The molecular weight excluding hydrogens is 282 g/mol. The molecule has 3 nitrogen and oxygen atoms in total. The van der Waals surface area contributed by atoms with E-state index in [1.165, 1.54) is 15.6 Å². The Kier molecular flexibility index (Phi) is 5.01. The summed E-state index contributed by atoms with van der Waals surface area (Å²) in [6.45, 7) is 3.80. The molecule has 21 heavy (non-hydrogen) atoms. The van der Waals surface area contributed by atoms with Crippen LogP contribution >= 0.6 is 11.3 Å². The number of nitrogens with zero attached hydrogens (tertiary/aromatic N) is 1. The number of carbonyl (C=O) groups excluding carboxylic acids is 1. The van der Waals surface area contributed by atoms with Crippen molar-refractivity contribution >= 4 is 27.3 Å². The van der Waals surface area contributed by atoms with Crippen molar-refractivity contribution in [2.45, 2.75) is 38.7 Å². The summed E-state index contributed by atoms with van der Waals surface area (Å²) in [6.07, 6.45) is 2.29. The molecule has 114 valence electrons. The number of aliphatic hydroxyl groups is 1. The van der Waals surface area contributed by atoms with Crippen LogP contribution in [0.1, 0.15) is 32.3 Å². The second-order valence-electron chi connectivity index (χ2n) is 6.17. The number of fused-ring (bicyclic) bond motifs is 1. The summed E-state index contributed by atoms with van der Waals surface area (Å²) < 4.78 is 1.30. The highest BCUT2D eigenvalue weighted by Crippen LogP contribution is 2.26. The van der Waals surface area contributed by atoms with E-state index in [0.29, 0.717) is 13.0 Å². The van der Waals surface area contributed by atoms with E-state index >= 15 is 0 Å². The summed E-state index contributed by atoms with van der Waals surface area (Å²) in [5.74, 6) is 0.0941. The second-order valence-corrected chi connectivity index (χ2v) is 7.08. The van der Waals surface area contributed by atoms with Crippen LogP contribution in [0.4, 0.5) is 0 Å². The summed E-state index contributed by atoms with van der Waals surface area (Å²) >= 11 is 1.76. The number of likely N-dealkylation sites (N-methyl/N-ethyl adjacent to an activating group) is 1. The molecule has 1 N–H and O–H groups in total. The summed E-state index contributed by atoms with van der Waals surface area (Å²) in [6, 6.07) is 8.38. The van der Waals surface area contributed by atoms with Crippen molar-refractivity contribution in [2.75, 3.05) is 13.6 Å². The van der Waals surface area contributed by atoms with E-state index in [1.807, 2.05) is 0 Å². The quantitative estimate of drug-likeness (QED) is 0.888. The van der Waals surface area contributed by atoms with E-state index < -0.39 is 5.60 Å². The van der Waals surface area contributed by atoms with Gasteiger partial charge in [0.15, 0.2) is 0 Å². The molecule has 0 saturated carbocycles. The highest BCUT2D eigenvalue weighted by molar-refractivity contribution is 7.17. The van der Waals surface area contributed by atoms with Gasteiger partial charge in [-0.3, -0.25) is 4.79 Å². The topological polar surface area (TPSA) is 40.5 Å². The molecule has 0 aliphatic heterocycles. The monoisotopic (exact) mass is 305 g/mol. The number of hydrogen-bond acceptors (Lipinski definition) is 3. The zero-order valence-electron chi connectivity index (χ0n) is 12.9. The first kappa shape index (κ1) is 16.0. The second kappa shape index (κ2) is 6.58. The number of carbonyl (C=O) groups is 1. The van der Waals surface area contributed by atoms with Crippen molar-refractivity contribution in [3.8, 4) is 0 Å². The number of amides is 1. The maximum atomic E-state index is 12.0. The van der Waals surface area contributed by atoms with Crippen LogP contribution in [0.3, 0.4) is 0 Å². The molecule has 0 aliphatic rings. The van der Waals surface area contributed by atoms with Gasteiger partial charge in [-0.05, 0) is 49.1 Å².